The van der Waals surface area contributed by atoms with E-state index in [0.717, 1.165) is 51.5 Å². The number of pyridine rings is 2. The van der Waals surface area contributed by atoms with Crippen LogP contribution in [0.1, 0.15) is 28.1 Å². The van der Waals surface area contributed by atoms with Crippen LogP contribution in [-0.4, -0.2) is 16.7 Å². The topological polar surface area (TPSA) is 35.0 Å². The number of aromatic nitrogens is 2. The molecular formula is C26H19BLiN2O-. The molecule has 2 aromatic heterocycles. The van der Waals surface area contributed by atoms with Gasteiger partial charge in [-0.25, -0.2) is 11.1 Å². The fraction of sp³-hybridized carbons (Fsp3) is 0.154. The number of hydrogen-bond acceptors (Lipinski definition) is 3. The quantitative estimate of drug-likeness (QED) is 0.296. The predicted molar refractivity (Wildman–Crippen MR) is 120 cm³/mol. The Morgan fingerprint density at radius 2 is 1.77 bits per heavy atom. The second-order valence-electron chi connectivity index (χ2n) is 8.22. The van der Waals surface area contributed by atoms with Crippen LogP contribution in [0.25, 0.3) is 11.1 Å². The molecule has 0 spiro atoms. The Morgan fingerprint density at radius 1 is 1.00 bits per heavy atom. The van der Waals surface area contributed by atoms with E-state index in [1.165, 1.54) is 22.1 Å². The maximum Gasteiger partial charge on any atom is 1.00 e. The Balaban J connectivity index is 0.00000204. The molecule has 6 rings (SSSR count). The maximum atomic E-state index is 6.46. The van der Waals surface area contributed by atoms with Crippen LogP contribution in [-0.2, 0) is 6.42 Å². The van der Waals surface area contributed by atoms with E-state index in [1.807, 2.05) is 37.5 Å². The van der Waals surface area contributed by atoms with Gasteiger partial charge in [0.05, 0.1) is 0 Å². The summed E-state index contributed by atoms with van der Waals surface area (Å²) in [5, 5.41) is 0. The second kappa shape index (κ2) is 7.41. The molecule has 31 heavy (non-hydrogen) atoms. The van der Waals surface area contributed by atoms with Crippen LogP contribution in [0.4, 0.5) is 0 Å². The Labute approximate surface area is 195 Å². The fourth-order valence-electron chi connectivity index (χ4n) is 4.86. The van der Waals surface area contributed by atoms with Gasteiger partial charge in [-0.1, -0.05) is 12.5 Å². The summed E-state index contributed by atoms with van der Waals surface area (Å²) in [4.78, 5) is 9.23. The van der Waals surface area contributed by atoms with Crippen molar-refractivity contribution >= 4 is 23.1 Å². The molecule has 5 heteroatoms. The molecule has 0 unspecified atom stereocenters. The number of aryl methyl sites for hydroxylation is 3. The molecule has 4 heterocycles. The minimum Gasteiger partial charge on any atom is -0.502 e. The maximum absolute atomic E-state index is 6.46. The Kier molecular flexibility index (Phi) is 4.81. The van der Waals surface area contributed by atoms with Crippen molar-refractivity contribution in [2.75, 3.05) is 0 Å². The molecule has 2 aromatic carbocycles. The van der Waals surface area contributed by atoms with Gasteiger partial charge in [0.15, 0.2) is 0 Å². The summed E-state index contributed by atoms with van der Waals surface area (Å²) in [5.41, 5.74) is 11.4. The average Bonchev–Trinajstić information content (AvgIpc) is 2.75. The van der Waals surface area contributed by atoms with Crippen LogP contribution in [0.2, 0.25) is 0 Å². The van der Waals surface area contributed by atoms with Crippen LogP contribution in [0, 0.1) is 32.9 Å². The third kappa shape index (κ3) is 3.06. The SMILES string of the molecule is Cc1cc2c(cn1)B1c3cnc(C)cc3Oc3c(C)[c-]c(-c4[c-]cccc4)c(c31)C2.[Li+]. The zero-order chi connectivity index (χ0) is 20.4. The minimum absolute atomic E-state index is 0. The molecule has 0 saturated carbocycles. The summed E-state index contributed by atoms with van der Waals surface area (Å²) in [6.07, 6.45) is 4.85. The van der Waals surface area contributed by atoms with Crippen molar-refractivity contribution in [3.8, 4) is 22.6 Å². The molecule has 0 saturated heterocycles. The fourth-order valence-corrected chi connectivity index (χ4v) is 4.86. The van der Waals surface area contributed by atoms with E-state index in [-0.39, 0.29) is 25.6 Å². The zero-order valence-electron chi connectivity index (χ0n) is 18.2. The van der Waals surface area contributed by atoms with Crippen molar-refractivity contribution in [1.29, 1.82) is 0 Å². The van der Waals surface area contributed by atoms with Gasteiger partial charge in [0, 0.05) is 35.6 Å². The molecule has 0 fully saturated rings. The largest absolute Gasteiger partial charge is 1.00 e. The molecule has 0 N–H and O–H groups in total. The van der Waals surface area contributed by atoms with Crippen molar-refractivity contribution in [2.24, 2.45) is 0 Å². The molecule has 0 radical (unpaired) electrons. The smallest absolute Gasteiger partial charge is 0.502 e. The Hall–Kier alpha value is -2.80. The van der Waals surface area contributed by atoms with Gasteiger partial charge in [0.25, 0.3) is 0 Å². The van der Waals surface area contributed by atoms with E-state index in [1.54, 1.807) is 0 Å². The summed E-state index contributed by atoms with van der Waals surface area (Å²) in [6.45, 7) is 6.20. The first-order valence-corrected chi connectivity index (χ1v) is 10.3. The summed E-state index contributed by atoms with van der Waals surface area (Å²) < 4.78 is 6.46. The number of benzene rings is 2. The molecule has 144 valence electrons. The van der Waals surface area contributed by atoms with Gasteiger partial charge in [-0.3, -0.25) is 9.97 Å². The van der Waals surface area contributed by atoms with Gasteiger partial charge in [-0.2, -0.15) is 35.9 Å². The standard InChI is InChI=1S/C26H19BN2O.Li/c1-15-9-20(18-7-5-4-6-8-18)21-12-19-10-16(2)28-13-22(19)27-23-14-29-17(3)11-24(23)30-26(15)25(21)27;/h4-7,10-11,13-14H,12H2,1-3H3;/q-2;+1. The summed E-state index contributed by atoms with van der Waals surface area (Å²) in [7, 11) is 0. The molecule has 4 aromatic rings. The third-order valence-electron chi connectivity index (χ3n) is 6.19. The number of rotatable bonds is 1. The average molecular weight is 393 g/mol. The molecule has 2 aliphatic heterocycles. The van der Waals surface area contributed by atoms with Crippen LogP contribution in [0.5, 0.6) is 11.5 Å². The summed E-state index contributed by atoms with van der Waals surface area (Å²) in [5.74, 6) is 1.81. The first-order valence-electron chi connectivity index (χ1n) is 10.3. The van der Waals surface area contributed by atoms with E-state index in [4.69, 9.17) is 4.74 Å². The molecule has 0 amide bonds. The van der Waals surface area contributed by atoms with Crippen LogP contribution in [0.3, 0.4) is 0 Å². The third-order valence-corrected chi connectivity index (χ3v) is 6.19. The molecular weight excluding hydrogens is 374 g/mol. The van der Waals surface area contributed by atoms with Gasteiger partial charge >= 0.3 is 18.9 Å². The van der Waals surface area contributed by atoms with Crippen LogP contribution < -0.4 is 40.0 Å². The molecule has 2 aliphatic rings. The number of fused-ring (bicyclic) bond motifs is 4. The first kappa shape index (κ1) is 20.1. The molecule has 3 nitrogen and oxygen atoms in total. The van der Waals surface area contributed by atoms with E-state index in [0.29, 0.717) is 0 Å². The predicted octanol–water partition coefficient (Wildman–Crippen LogP) is 0.199. The van der Waals surface area contributed by atoms with E-state index in [2.05, 4.69) is 54.1 Å². The molecule has 0 aliphatic carbocycles. The number of hydrogen-bond donors (Lipinski definition) is 0. The summed E-state index contributed by atoms with van der Waals surface area (Å²) >= 11 is 0. The van der Waals surface area contributed by atoms with Crippen molar-refractivity contribution < 1.29 is 23.6 Å². The normalized spacial score (nSPS) is 12.8. The van der Waals surface area contributed by atoms with Crippen LogP contribution in [0.15, 0.2) is 48.8 Å². The summed E-state index contributed by atoms with van der Waals surface area (Å²) in [6, 6.07) is 19.4. The van der Waals surface area contributed by atoms with Gasteiger partial charge in [0.2, 0.25) is 6.71 Å². The van der Waals surface area contributed by atoms with Gasteiger partial charge < -0.3 is 4.74 Å². The second-order valence-corrected chi connectivity index (χ2v) is 8.22. The molecule has 0 atom stereocenters. The van der Waals surface area contributed by atoms with Gasteiger partial charge in [-0.15, -0.1) is 17.1 Å². The van der Waals surface area contributed by atoms with Crippen LogP contribution >= 0.6 is 0 Å². The number of nitrogens with zero attached hydrogens (tertiary/aromatic N) is 2. The Bertz CT molecular complexity index is 1330. The molecule has 0 bridgehead atoms. The van der Waals surface area contributed by atoms with Gasteiger partial charge in [0.1, 0.15) is 5.75 Å². The number of ether oxygens (including phenoxy) is 1. The first-order chi connectivity index (χ1) is 14.6. The van der Waals surface area contributed by atoms with Crippen molar-refractivity contribution in [1.82, 2.24) is 9.97 Å². The van der Waals surface area contributed by atoms with Gasteiger partial charge in [-0.05, 0) is 37.3 Å². The minimum atomic E-state index is 0. The monoisotopic (exact) mass is 393 g/mol. The van der Waals surface area contributed by atoms with E-state index >= 15 is 0 Å². The van der Waals surface area contributed by atoms with Crippen molar-refractivity contribution in [3.05, 3.63) is 89.0 Å². The zero-order valence-corrected chi connectivity index (χ0v) is 18.2. The van der Waals surface area contributed by atoms with Crippen molar-refractivity contribution in [3.63, 3.8) is 0 Å². The van der Waals surface area contributed by atoms with Crippen molar-refractivity contribution in [2.45, 2.75) is 27.2 Å². The Morgan fingerprint density at radius 3 is 2.55 bits per heavy atom. The van der Waals surface area contributed by atoms with E-state index in [9.17, 15) is 0 Å². The van der Waals surface area contributed by atoms with E-state index < -0.39 is 0 Å².